The van der Waals surface area contributed by atoms with E-state index in [-0.39, 0.29) is 35.6 Å². The smallest absolute Gasteiger partial charge is 0.261 e. The minimum atomic E-state index is -2.67. The van der Waals surface area contributed by atoms with Crippen molar-refractivity contribution in [1.29, 1.82) is 0 Å². The first-order valence-electron chi connectivity index (χ1n) is 17.1. The van der Waals surface area contributed by atoms with E-state index in [9.17, 15) is 0 Å². The van der Waals surface area contributed by atoms with Crippen molar-refractivity contribution in [2.24, 2.45) is 0 Å². The van der Waals surface area contributed by atoms with Crippen LogP contribution in [0, 0.1) is 0 Å². The molecule has 3 fully saturated rings. The lowest BCUT2D eigenvalue weighted by atomic mass is 10.0. The fourth-order valence-electron chi connectivity index (χ4n) is 7.46. The predicted molar refractivity (Wildman–Crippen MR) is 175 cm³/mol. The van der Waals surface area contributed by atoms with Gasteiger partial charge in [-0.05, 0) is 47.5 Å². The van der Waals surface area contributed by atoms with Gasteiger partial charge in [0.2, 0.25) is 0 Å². The fourth-order valence-corrected chi connectivity index (χ4v) is 12.2. The highest BCUT2D eigenvalue weighted by molar-refractivity contribution is 6.99. The van der Waals surface area contributed by atoms with E-state index in [1.165, 1.54) is 61.7 Å². The van der Waals surface area contributed by atoms with Gasteiger partial charge in [0, 0.05) is 0 Å². The van der Waals surface area contributed by atoms with Crippen molar-refractivity contribution in [2.75, 3.05) is 6.61 Å². The summed E-state index contributed by atoms with van der Waals surface area (Å²) in [5.74, 6) is 0. The Hall–Kier alpha value is -1.50. The molecule has 3 aliphatic rings. The molecule has 4 nitrogen and oxygen atoms in total. The number of rotatable bonds is 16. The molecule has 42 heavy (non-hydrogen) atoms. The average Bonchev–Trinajstić information content (AvgIpc) is 3.52. The van der Waals surface area contributed by atoms with Crippen molar-refractivity contribution in [2.45, 2.75) is 153 Å². The van der Waals surface area contributed by atoms with E-state index in [1.807, 2.05) is 0 Å². The molecule has 0 unspecified atom stereocenters. The van der Waals surface area contributed by atoms with Crippen LogP contribution in [0.5, 0.6) is 0 Å². The maximum Gasteiger partial charge on any atom is 0.261 e. The van der Waals surface area contributed by atoms with Gasteiger partial charge in [-0.15, -0.1) is 0 Å². The van der Waals surface area contributed by atoms with Gasteiger partial charge in [0.15, 0.2) is 0 Å². The Kier molecular flexibility index (Phi) is 11.4. The zero-order valence-corrected chi connectivity index (χ0v) is 27.8. The maximum absolute atomic E-state index is 7.75. The van der Waals surface area contributed by atoms with E-state index in [0.29, 0.717) is 6.10 Å². The molecule has 2 aromatic carbocycles. The van der Waals surface area contributed by atoms with Crippen LogP contribution in [-0.4, -0.2) is 51.5 Å². The highest BCUT2D eigenvalue weighted by Crippen LogP contribution is 2.41. The predicted octanol–water partition coefficient (Wildman–Crippen LogP) is 7.96. The van der Waals surface area contributed by atoms with E-state index in [4.69, 9.17) is 18.6 Å². The van der Waals surface area contributed by atoms with Gasteiger partial charge in [-0.2, -0.15) is 0 Å². The molecule has 3 heterocycles. The molecule has 5 rings (SSSR count). The molecular weight excluding hydrogens is 536 g/mol. The summed E-state index contributed by atoms with van der Waals surface area (Å²) in [5, 5.41) is 2.66. The number of hydrogen-bond acceptors (Lipinski definition) is 4. The van der Waals surface area contributed by atoms with Gasteiger partial charge >= 0.3 is 0 Å². The van der Waals surface area contributed by atoms with Gasteiger partial charge in [0.25, 0.3) is 8.32 Å². The van der Waals surface area contributed by atoms with E-state index in [2.05, 4.69) is 88.4 Å². The fraction of sp³-hybridized carbons (Fsp3) is 0.676. The molecule has 232 valence electrons. The Bertz CT molecular complexity index is 1010. The molecule has 6 atom stereocenters. The first-order chi connectivity index (χ1) is 20.4. The Labute approximate surface area is 257 Å². The van der Waals surface area contributed by atoms with Gasteiger partial charge in [0.1, 0.15) is 6.10 Å². The molecule has 0 amide bonds. The van der Waals surface area contributed by atoms with Crippen molar-refractivity contribution >= 4 is 18.7 Å². The molecule has 0 N–H and O–H groups in total. The van der Waals surface area contributed by atoms with Crippen LogP contribution < -0.4 is 10.4 Å². The first kappa shape index (κ1) is 31.9. The van der Waals surface area contributed by atoms with Crippen LogP contribution in [0.15, 0.2) is 60.7 Å². The van der Waals surface area contributed by atoms with Crippen molar-refractivity contribution in [3.05, 3.63) is 60.7 Å². The molecule has 0 aromatic heterocycles. The summed E-state index contributed by atoms with van der Waals surface area (Å²) in [5.41, 5.74) is 0. The minimum absolute atomic E-state index is 0.0444. The van der Waals surface area contributed by atoms with Gasteiger partial charge in [0.05, 0.1) is 37.1 Å². The maximum atomic E-state index is 7.75. The van der Waals surface area contributed by atoms with Crippen molar-refractivity contribution in [3.63, 3.8) is 0 Å². The van der Waals surface area contributed by atoms with Crippen molar-refractivity contribution in [1.82, 2.24) is 0 Å². The number of unbranched alkanes of at least 4 members (excludes halogenated alkanes) is 7. The summed E-state index contributed by atoms with van der Waals surface area (Å²) in [6, 6.07) is 22.2. The van der Waals surface area contributed by atoms with Crippen LogP contribution in [0.1, 0.15) is 111 Å². The lowest BCUT2D eigenvalue weighted by Crippen LogP contribution is -2.68. The van der Waals surface area contributed by atoms with E-state index in [1.54, 1.807) is 0 Å². The highest BCUT2D eigenvalue weighted by atomic mass is 28.4. The van der Waals surface area contributed by atoms with Crippen LogP contribution in [0.4, 0.5) is 0 Å². The lowest BCUT2D eigenvalue weighted by molar-refractivity contribution is -0.0926. The third kappa shape index (κ3) is 7.76. The quantitative estimate of drug-likeness (QED) is 0.113. The summed E-state index contributed by atoms with van der Waals surface area (Å²) in [4.78, 5) is 0. The van der Waals surface area contributed by atoms with Crippen LogP contribution in [-0.2, 0) is 18.6 Å². The van der Waals surface area contributed by atoms with Gasteiger partial charge in [-0.1, -0.05) is 140 Å². The summed E-state index contributed by atoms with van der Waals surface area (Å²) >= 11 is 0. The van der Waals surface area contributed by atoms with Gasteiger partial charge < -0.3 is 18.6 Å². The first-order valence-corrected chi connectivity index (χ1v) is 19.0. The lowest BCUT2D eigenvalue weighted by Gasteiger charge is -2.46. The second-order valence-electron chi connectivity index (χ2n) is 14.0. The van der Waals surface area contributed by atoms with Crippen LogP contribution in [0.3, 0.4) is 0 Å². The van der Waals surface area contributed by atoms with Gasteiger partial charge in [-0.3, -0.25) is 0 Å². The van der Waals surface area contributed by atoms with E-state index < -0.39 is 8.32 Å². The van der Waals surface area contributed by atoms with E-state index in [0.717, 1.165) is 38.7 Å². The molecule has 3 saturated heterocycles. The third-order valence-corrected chi connectivity index (χ3v) is 14.9. The standard InChI is InChI=1S/C37H56O4Si/c1-5-6-7-8-9-10-11-18-23-35(33-26-24-31(39-33)32-25-27-34(40-32)36-28-38-36)41-42(37(2,3)4,29-19-14-12-15-20-29)30-21-16-13-17-22-30/h12-17,19-22,31-36H,5-11,18,23-28H2,1-4H3/t31-,32+,33+,34+,35+,36+/m0/s1. The minimum Gasteiger partial charge on any atom is -0.402 e. The Balaban J connectivity index is 1.35. The molecular formula is C37H56O4Si. The summed E-state index contributed by atoms with van der Waals surface area (Å²) in [7, 11) is -2.67. The van der Waals surface area contributed by atoms with Crippen LogP contribution in [0.25, 0.3) is 0 Å². The van der Waals surface area contributed by atoms with Crippen molar-refractivity contribution in [3.8, 4) is 0 Å². The SMILES string of the molecule is CCCCCCCCCC[C@@H](O[Si](c1ccccc1)(c1ccccc1)C(C)(C)C)[C@H]1CC[C@@H]([C@H]2CC[C@H]([C@H]3CO3)O2)O1. The Morgan fingerprint density at radius 2 is 1.19 bits per heavy atom. The number of epoxide rings is 1. The zero-order valence-electron chi connectivity index (χ0n) is 26.8. The summed E-state index contributed by atoms with van der Waals surface area (Å²) in [6.07, 6.45) is 17.1. The molecule has 0 spiro atoms. The Morgan fingerprint density at radius 1 is 0.690 bits per heavy atom. The molecule has 3 aliphatic heterocycles. The third-order valence-electron chi connectivity index (χ3n) is 9.86. The molecule has 2 aromatic rings. The monoisotopic (exact) mass is 592 g/mol. The zero-order chi connectivity index (χ0) is 29.4. The number of ether oxygens (including phenoxy) is 3. The summed E-state index contributed by atoms with van der Waals surface area (Å²) in [6.45, 7) is 10.3. The molecule has 0 bridgehead atoms. The van der Waals surface area contributed by atoms with Gasteiger partial charge in [-0.25, -0.2) is 0 Å². The van der Waals surface area contributed by atoms with E-state index >= 15 is 0 Å². The molecule has 0 aliphatic carbocycles. The topological polar surface area (TPSA) is 40.2 Å². The average molecular weight is 593 g/mol. The largest absolute Gasteiger partial charge is 0.402 e. The molecule has 5 heteroatoms. The highest BCUT2D eigenvalue weighted by Gasteiger charge is 2.53. The Morgan fingerprint density at radius 3 is 1.74 bits per heavy atom. The number of hydrogen-bond donors (Lipinski definition) is 0. The normalized spacial score (nSPS) is 26.9. The molecule has 0 radical (unpaired) electrons. The summed E-state index contributed by atoms with van der Waals surface area (Å²) < 4.78 is 26.7. The second-order valence-corrected chi connectivity index (χ2v) is 18.3. The van der Waals surface area contributed by atoms with Crippen molar-refractivity contribution < 1.29 is 18.6 Å². The second kappa shape index (κ2) is 15.0. The molecule has 0 saturated carbocycles. The van der Waals surface area contributed by atoms with Crippen LogP contribution >= 0.6 is 0 Å². The van der Waals surface area contributed by atoms with Crippen LogP contribution in [0.2, 0.25) is 5.04 Å². The number of benzene rings is 2.